The molecule has 2 atom stereocenters. The first-order valence-corrected chi connectivity index (χ1v) is 14.8. The van der Waals surface area contributed by atoms with Gasteiger partial charge in [0.2, 0.25) is 0 Å². The number of carbonyl (C=O) groups is 1. The molecule has 2 heterocycles. The molecule has 2 aliphatic heterocycles. The molecule has 0 saturated carbocycles. The fourth-order valence-electron chi connectivity index (χ4n) is 5.39. The average Bonchev–Trinajstić information content (AvgIpc) is 2.96. The molecule has 4 rings (SSSR count). The fraction of sp³-hybridized carbons (Fsp3) is 0.552. The normalized spacial score (nSPS) is 20.8. The number of hydrogen-bond acceptors (Lipinski definition) is 7. The predicted molar refractivity (Wildman–Crippen MR) is 149 cm³/mol. The molecule has 2 aliphatic rings. The molecule has 2 fully saturated rings. The number of thioether (sulfide) groups is 1. The zero-order valence-electron chi connectivity index (χ0n) is 23.6. The number of nitrogens with zero attached hydrogens (tertiary/aromatic N) is 3. The molecule has 1 amide bonds. The summed E-state index contributed by atoms with van der Waals surface area (Å²) >= 11 is 1.16. The van der Waals surface area contributed by atoms with Gasteiger partial charge in [0.25, 0.3) is 5.91 Å². The van der Waals surface area contributed by atoms with Gasteiger partial charge in [0, 0.05) is 69.4 Å². The number of rotatable bonds is 10. The molecule has 2 aromatic rings. The van der Waals surface area contributed by atoms with Crippen molar-refractivity contribution in [2.45, 2.75) is 29.6 Å². The summed E-state index contributed by atoms with van der Waals surface area (Å²) in [5.41, 5.74) is -0.0578. The van der Waals surface area contributed by atoms with Crippen LogP contribution in [-0.4, -0.2) is 112 Å². The van der Waals surface area contributed by atoms with Crippen LogP contribution in [0.25, 0.3) is 0 Å². The first-order chi connectivity index (χ1) is 19.6. The second kappa shape index (κ2) is 14.2. The van der Waals surface area contributed by atoms with Crippen molar-refractivity contribution in [3.8, 4) is 5.75 Å². The van der Waals surface area contributed by atoms with E-state index in [-0.39, 0.29) is 23.5 Å². The number of halogens is 4. The standard InChI is InChI=1S/C29H37F4N3O4S/c1-38-19-24-18-35(10-11-40-24)7-6-34-8-9-36(23(17-34)12-20-4-5-26(30)27(13-20)39-2)28(37)21-14-22(29(31,32)33)16-25(15-21)41-3/h4-5,13-16,23-24H,6-12,17-19H2,1-3H3/t23-,24+/m1/s1. The highest BCUT2D eigenvalue weighted by Crippen LogP contribution is 2.33. The topological polar surface area (TPSA) is 54.5 Å². The maximum atomic E-state index is 14.1. The first kappa shape index (κ1) is 31.6. The molecular weight excluding hydrogens is 562 g/mol. The Hall–Kier alpha value is -2.38. The summed E-state index contributed by atoms with van der Waals surface area (Å²) < 4.78 is 71.0. The zero-order chi connectivity index (χ0) is 29.6. The second-order valence-electron chi connectivity index (χ2n) is 10.3. The number of piperazine rings is 1. The number of methoxy groups -OCH3 is 2. The SMILES string of the molecule is COC[C@@H]1CN(CCN2CCN(C(=O)c3cc(SC)cc(C(F)(F)F)c3)[C@H](Cc3ccc(F)c(OC)c3)C2)CCO1. The summed E-state index contributed by atoms with van der Waals surface area (Å²) in [5, 5.41) is 0. The average molecular weight is 600 g/mol. The summed E-state index contributed by atoms with van der Waals surface area (Å²) in [4.78, 5) is 20.4. The molecule has 2 saturated heterocycles. The van der Waals surface area contributed by atoms with Gasteiger partial charge in [-0.25, -0.2) is 4.39 Å². The minimum Gasteiger partial charge on any atom is -0.494 e. The summed E-state index contributed by atoms with van der Waals surface area (Å²) in [7, 11) is 3.04. The minimum atomic E-state index is -4.56. The minimum absolute atomic E-state index is 0.0109. The molecule has 0 N–H and O–H groups in total. The Balaban J connectivity index is 1.53. The molecule has 0 radical (unpaired) electrons. The third-order valence-corrected chi connectivity index (χ3v) is 8.25. The summed E-state index contributed by atoms with van der Waals surface area (Å²) in [6, 6.07) is 7.76. The van der Waals surface area contributed by atoms with Crippen LogP contribution in [-0.2, 0) is 22.1 Å². The van der Waals surface area contributed by atoms with Crippen LogP contribution in [0.15, 0.2) is 41.3 Å². The van der Waals surface area contributed by atoms with Gasteiger partial charge in [-0.3, -0.25) is 14.6 Å². The van der Waals surface area contributed by atoms with E-state index in [2.05, 4.69) is 9.80 Å². The number of alkyl halides is 3. The van der Waals surface area contributed by atoms with E-state index in [0.717, 1.165) is 55.6 Å². The van der Waals surface area contributed by atoms with E-state index in [1.807, 2.05) is 0 Å². The Morgan fingerprint density at radius 3 is 2.49 bits per heavy atom. The maximum Gasteiger partial charge on any atom is 0.416 e. The van der Waals surface area contributed by atoms with Crippen LogP contribution in [0.2, 0.25) is 0 Å². The van der Waals surface area contributed by atoms with E-state index >= 15 is 0 Å². The second-order valence-corrected chi connectivity index (χ2v) is 11.2. The van der Waals surface area contributed by atoms with Gasteiger partial charge in [-0.15, -0.1) is 11.8 Å². The third-order valence-electron chi connectivity index (χ3n) is 7.54. The number of benzene rings is 2. The molecule has 0 spiro atoms. The van der Waals surface area contributed by atoms with Crippen molar-refractivity contribution in [1.82, 2.24) is 14.7 Å². The Bertz CT molecular complexity index is 1180. The smallest absolute Gasteiger partial charge is 0.416 e. The molecule has 0 bridgehead atoms. The van der Waals surface area contributed by atoms with Gasteiger partial charge in [0.05, 0.1) is 32.0 Å². The third kappa shape index (κ3) is 8.35. The number of morpholine rings is 1. The fourth-order valence-corrected chi connectivity index (χ4v) is 5.88. The lowest BCUT2D eigenvalue weighted by molar-refractivity contribution is -0.137. The largest absolute Gasteiger partial charge is 0.494 e. The van der Waals surface area contributed by atoms with Crippen molar-refractivity contribution in [3.63, 3.8) is 0 Å². The van der Waals surface area contributed by atoms with Crippen molar-refractivity contribution in [2.75, 3.05) is 79.5 Å². The Morgan fingerprint density at radius 2 is 1.80 bits per heavy atom. The Kier molecular flexibility index (Phi) is 10.9. The van der Waals surface area contributed by atoms with Gasteiger partial charge in [-0.2, -0.15) is 13.2 Å². The van der Waals surface area contributed by atoms with Crippen molar-refractivity contribution in [1.29, 1.82) is 0 Å². The predicted octanol–water partition coefficient (Wildman–Crippen LogP) is 4.29. The van der Waals surface area contributed by atoms with E-state index in [9.17, 15) is 22.4 Å². The lowest BCUT2D eigenvalue weighted by Gasteiger charge is -2.43. The van der Waals surface area contributed by atoms with Crippen molar-refractivity contribution in [2.24, 2.45) is 0 Å². The van der Waals surface area contributed by atoms with Gasteiger partial charge in [-0.05, 0) is 48.6 Å². The summed E-state index contributed by atoms with van der Waals surface area (Å²) in [5.74, 6) is -0.825. The number of ether oxygens (including phenoxy) is 3. The van der Waals surface area contributed by atoms with Crippen LogP contribution in [0.4, 0.5) is 17.6 Å². The maximum absolute atomic E-state index is 14.1. The zero-order valence-corrected chi connectivity index (χ0v) is 24.4. The highest BCUT2D eigenvalue weighted by atomic mass is 32.2. The lowest BCUT2D eigenvalue weighted by Crippen LogP contribution is -2.57. The molecule has 7 nitrogen and oxygen atoms in total. The number of carbonyl (C=O) groups excluding carboxylic acids is 1. The van der Waals surface area contributed by atoms with Gasteiger partial charge in [0.15, 0.2) is 11.6 Å². The van der Waals surface area contributed by atoms with Gasteiger partial charge in [-0.1, -0.05) is 6.07 Å². The van der Waals surface area contributed by atoms with Gasteiger partial charge >= 0.3 is 6.18 Å². The van der Waals surface area contributed by atoms with E-state index in [0.29, 0.717) is 44.2 Å². The van der Waals surface area contributed by atoms with E-state index in [4.69, 9.17) is 14.2 Å². The highest BCUT2D eigenvalue weighted by molar-refractivity contribution is 7.98. The molecule has 41 heavy (non-hydrogen) atoms. The Labute approximate surface area is 242 Å². The van der Waals surface area contributed by atoms with Crippen LogP contribution in [0.1, 0.15) is 21.5 Å². The van der Waals surface area contributed by atoms with Crippen LogP contribution in [0.5, 0.6) is 5.75 Å². The monoisotopic (exact) mass is 599 g/mol. The van der Waals surface area contributed by atoms with Crippen LogP contribution < -0.4 is 4.74 Å². The quantitative estimate of drug-likeness (QED) is 0.299. The number of amides is 1. The molecule has 0 unspecified atom stereocenters. The summed E-state index contributed by atoms with van der Waals surface area (Å²) in [6.07, 6.45) is -2.45. The van der Waals surface area contributed by atoms with Crippen molar-refractivity contribution < 1.29 is 36.6 Å². The van der Waals surface area contributed by atoms with Gasteiger partial charge in [0.1, 0.15) is 0 Å². The van der Waals surface area contributed by atoms with Crippen molar-refractivity contribution in [3.05, 3.63) is 58.9 Å². The van der Waals surface area contributed by atoms with Crippen LogP contribution in [0.3, 0.4) is 0 Å². The lowest BCUT2D eigenvalue weighted by atomic mass is 10.00. The van der Waals surface area contributed by atoms with E-state index < -0.39 is 23.5 Å². The first-order valence-electron chi connectivity index (χ1n) is 13.6. The highest BCUT2D eigenvalue weighted by Gasteiger charge is 2.35. The molecule has 2 aromatic carbocycles. The van der Waals surface area contributed by atoms with Crippen LogP contribution in [0, 0.1) is 5.82 Å². The molecule has 226 valence electrons. The Morgan fingerprint density at radius 1 is 1.05 bits per heavy atom. The van der Waals surface area contributed by atoms with Crippen LogP contribution >= 0.6 is 11.8 Å². The number of hydrogen-bond donors (Lipinski definition) is 0. The molecule has 0 aromatic heterocycles. The van der Waals surface area contributed by atoms with E-state index in [1.54, 1.807) is 30.4 Å². The van der Waals surface area contributed by atoms with Crippen molar-refractivity contribution >= 4 is 17.7 Å². The summed E-state index contributed by atoms with van der Waals surface area (Å²) in [6.45, 7) is 5.85. The van der Waals surface area contributed by atoms with E-state index in [1.165, 1.54) is 19.2 Å². The molecule has 0 aliphatic carbocycles. The van der Waals surface area contributed by atoms with Gasteiger partial charge < -0.3 is 19.1 Å². The molecule has 12 heteroatoms. The molecular formula is C29H37F4N3O4S.